The minimum absolute atomic E-state index is 0.396. The van der Waals surface area contributed by atoms with E-state index in [0.29, 0.717) is 6.54 Å². The van der Waals surface area contributed by atoms with Gasteiger partial charge in [0.25, 0.3) is 0 Å². The van der Waals surface area contributed by atoms with Crippen LogP contribution in [0.25, 0.3) is 0 Å². The average molecular weight is 256 g/mol. The lowest BCUT2D eigenvalue weighted by Gasteiger charge is -2.22. The molecule has 5 nitrogen and oxygen atoms in total. The fraction of sp³-hybridized carbons (Fsp3) is 0.286. The first-order valence-corrected chi connectivity index (χ1v) is 6.39. The van der Waals surface area contributed by atoms with Crippen molar-refractivity contribution in [3.8, 4) is 5.75 Å². The van der Waals surface area contributed by atoms with Gasteiger partial charge in [-0.25, -0.2) is 4.98 Å². The monoisotopic (exact) mass is 256 g/mol. The highest BCUT2D eigenvalue weighted by Crippen LogP contribution is 2.34. The zero-order valence-corrected chi connectivity index (χ0v) is 10.6. The number of benzene rings is 1. The van der Waals surface area contributed by atoms with Crippen LogP contribution in [-0.4, -0.2) is 23.1 Å². The van der Waals surface area contributed by atoms with Gasteiger partial charge in [0, 0.05) is 19.3 Å². The minimum Gasteiger partial charge on any atom is -0.491 e. The number of aromatic nitrogens is 2. The van der Waals surface area contributed by atoms with Crippen molar-refractivity contribution >= 4 is 11.5 Å². The molecule has 3 rings (SSSR count). The lowest BCUT2D eigenvalue weighted by molar-refractivity contribution is 0.322. The average Bonchev–Trinajstić information content (AvgIpc) is 2.69. The zero-order chi connectivity index (χ0) is 13.1. The molecule has 1 aromatic heterocycles. The summed E-state index contributed by atoms with van der Waals surface area (Å²) in [7, 11) is 0. The van der Waals surface area contributed by atoms with E-state index < -0.39 is 0 Å². The van der Waals surface area contributed by atoms with Crippen LogP contribution in [0.15, 0.2) is 36.7 Å². The van der Waals surface area contributed by atoms with Gasteiger partial charge in [-0.1, -0.05) is 12.1 Å². The zero-order valence-electron chi connectivity index (χ0n) is 10.6. The minimum atomic E-state index is 0.396. The van der Waals surface area contributed by atoms with Crippen molar-refractivity contribution in [3.05, 3.63) is 42.4 Å². The van der Waals surface area contributed by atoms with Gasteiger partial charge in [0.1, 0.15) is 5.75 Å². The van der Waals surface area contributed by atoms with E-state index in [1.54, 1.807) is 12.4 Å². The van der Waals surface area contributed by atoms with Crippen LogP contribution in [0.1, 0.15) is 12.1 Å². The number of hydrogen-bond acceptors (Lipinski definition) is 5. The summed E-state index contributed by atoms with van der Waals surface area (Å²) in [5, 5.41) is 0. The Kier molecular flexibility index (Phi) is 3.29. The fourth-order valence-corrected chi connectivity index (χ4v) is 2.19. The number of hydrogen-bond donors (Lipinski definition) is 1. The Morgan fingerprint density at radius 3 is 3.05 bits per heavy atom. The maximum Gasteiger partial charge on any atom is 0.151 e. The van der Waals surface area contributed by atoms with Gasteiger partial charge in [0.05, 0.1) is 24.2 Å². The Morgan fingerprint density at radius 2 is 2.16 bits per heavy atom. The first-order chi connectivity index (χ1) is 9.38. The topological polar surface area (TPSA) is 64.3 Å². The molecule has 1 aliphatic rings. The van der Waals surface area contributed by atoms with Crippen LogP contribution < -0.4 is 15.4 Å². The maximum absolute atomic E-state index is 5.74. The van der Waals surface area contributed by atoms with Crippen molar-refractivity contribution in [3.63, 3.8) is 0 Å². The molecule has 0 unspecified atom stereocenters. The van der Waals surface area contributed by atoms with Crippen LogP contribution in [0.2, 0.25) is 0 Å². The van der Waals surface area contributed by atoms with Crippen LogP contribution >= 0.6 is 0 Å². The van der Waals surface area contributed by atoms with Crippen LogP contribution in [0.4, 0.5) is 11.5 Å². The normalized spacial score (nSPS) is 14.5. The number of ether oxygens (including phenoxy) is 1. The highest BCUT2D eigenvalue weighted by Gasteiger charge is 2.18. The molecule has 2 N–H and O–H groups in total. The second kappa shape index (κ2) is 5.24. The molecule has 19 heavy (non-hydrogen) atoms. The molecule has 0 saturated carbocycles. The summed E-state index contributed by atoms with van der Waals surface area (Å²) in [5.74, 6) is 1.71. The summed E-state index contributed by atoms with van der Waals surface area (Å²) >= 11 is 0. The highest BCUT2D eigenvalue weighted by molar-refractivity contribution is 5.67. The standard InChI is InChI=1S/C14H16N4O/c15-8-11-9-16-10-14(17-11)18-6-3-7-19-13-5-2-1-4-12(13)18/h1-2,4-5,9-10H,3,6-8,15H2. The SMILES string of the molecule is NCc1cncc(N2CCCOc3ccccc32)n1. The van der Waals surface area contributed by atoms with Crippen LogP contribution in [0, 0.1) is 0 Å². The smallest absolute Gasteiger partial charge is 0.151 e. The molecule has 2 aromatic rings. The third-order valence-electron chi connectivity index (χ3n) is 3.10. The molecule has 0 fully saturated rings. The van der Waals surface area contributed by atoms with E-state index in [2.05, 4.69) is 14.9 Å². The lowest BCUT2D eigenvalue weighted by atomic mass is 10.2. The Morgan fingerprint density at radius 1 is 1.26 bits per heavy atom. The lowest BCUT2D eigenvalue weighted by Crippen LogP contribution is -2.20. The van der Waals surface area contributed by atoms with Crippen molar-refractivity contribution in [2.75, 3.05) is 18.1 Å². The summed E-state index contributed by atoms with van der Waals surface area (Å²) in [5.41, 5.74) is 7.45. The summed E-state index contributed by atoms with van der Waals surface area (Å²) in [6.45, 7) is 1.98. The van der Waals surface area contributed by atoms with E-state index >= 15 is 0 Å². The molecule has 2 heterocycles. The molecule has 0 aliphatic carbocycles. The van der Waals surface area contributed by atoms with Gasteiger partial charge in [0.15, 0.2) is 5.82 Å². The van der Waals surface area contributed by atoms with Crippen LogP contribution in [-0.2, 0) is 6.54 Å². The predicted octanol–water partition coefficient (Wildman–Crippen LogP) is 1.86. The van der Waals surface area contributed by atoms with Crippen molar-refractivity contribution in [2.24, 2.45) is 5.73 Å². The molecule has 0 atom stereocenters. The first-order valence-electron chi connectivity index (χ1n) is 6.39. The Hall–Kier alpha value is -2.14. The number of rotatable bonds is 2. The molecule has 0 spiro atoms. The number of anilines is 2. The first kappa shape index (κ1) is 11.9. The molecule has 98 valence electrons. The van der Waals surface area contributed by atoms with Gasteiger partial charge in [-0.2, -0.15) is 0 Å². The Labute approximate surface area is 112 Å². The number of fused-ring (bicyclic) bond motifs is 1. The fourth-order valence-electron chi connectivity index (χ4n) is 2.19. The van der Waals surface area contributed by atoms with Gasteiger partial charge < -0.3 is 15.4 Å². The molecular weight excluding hydrogens is 240 g/mol. The van der Waals surface area contributed by atoms with E-state index in [1.807, 2.05) is 24.3 Å². The Balaban J connectivity index is 2.03. The molecule has 1 aliphatic heterocycles. The van der Waals surface area contributed by atoms with Crippen molar-refractivity contribution in [1.82, 2.24) is 9.97 Å². The van der Waals surface area contributed by atoms with E-state index in [-0.39, 0.29) is 0 Å². The summed E-state index contributed by atoms with van der Waals surface area (Å²) in [6.07, 6.45) is 4.41. The van der Waals surface area contributed by atoms with Gasteiger partial charge in [-0.05, 0) is 18.6 Å². The van der Waals surface area contributed by atoms with Gasteiger partial charge in [-0.3, -0.25) is 4.98 Å². The van der Waals surface area contributed by atoms with Gasteiger partial charge in [0.2, 0.25) is 0 Å². The summed E-state index contributed by atoms with van der Waals surface area (Å²) in [6, 6.07) is 8.00. The molecular formula is C14H16N4O. The van der Waals surface area contributed by atoms with E-state index in [0.717, 1.165) is 42.5 Å². The highest BCUT2D eigenvalue weighted by atomic mass is 16.5. The number of para-hydroxylation sites is 2. The van der Waals surface area contributed by atoms with E-state index in [9.17, 15) is 0 Å². The maximum atomic E-state index is 5.74. The van der Waals surface area contributed by atoms with Crippen LogP contribution in [0.5, 0.6) is 5.75 Å². The molecule has 1 aromatic carbocycles. The van der Waals surface area contributed by atoms with Crippen molar-refractivity contribution in [1.29, 1.82) is 0 Å². The van der Waals surface area contributed by atoms with Crippen molar-refractivity contribution in [2.45, 2.75) is 13.0 Å². The third kappa shape index (κ3) is 2.37. The third-order valence-corrected chi connectivity index (χ3v) is 3.10. The van der Waals surface area contributed by atoms with Crippen LogP contribution in [0.3, 0.4) is 0 Å². The molecule has 0 radical (unpaired) electrons. The second-order valence-corrected chi connectivity index (χ2v) is 4.39. The Bertz CT molecular complexity index is 573. The van der Waals surface area contributed by atoms with E-state index in [4.69, 9.17) is 10.5 Å². The second-order valence-electron chi connectivity index (χ2n) is 4.39. The molecule has 0 bridgehead atoms. The molecule has 0 amide bonds. The number of nitrogens with two attached hydrogens (primary N) is 1. The van der Waals surface area contributed by atoms with E-state index in [1.165, 1.54) is 0 Å². The summed E-state index contributed by atoms with van der Waals surface area (Å²) < 4.78 is 5.74. The molecule has 0 saturated heterocycles. The number of nitrogens with zero attached hydrogens (tertiary/aromatic N) is 3. The molecule has 5 heteroatoms. The van der Waals surface area contributed by atoms with Crippen molar-refractivity contribution < 1.29 is 4.74 Å². The largest absolute Gasteiger partial charge is 0.491 e. The summed E-state index contributed by atoms with van der Waals surface area (Å²) in [4.78, 5) is 10.9. The van der Waals surface area contributed by atoms with Gasteiger partial charge in [-0.15, -0.1) is 0 Å². The quantitative estimate of drug-likeness (QED) is 0.888. The van der Waals surface area contributed by atoms with Gasteiger partial charge >= 0.3 is 0 Å². The predicted molar refractivity (Wildman–Crippen MR) is 73.5 cm³/mol.